The second-order valence-electron chi connectivity index (χ2n) is 5.14. The molecule has 2 saturated carbocycles. The molecule has 13 heavy (non-hydrogen) atoms. The molecule has 0 radical (unpaired) electrons. The number of hydrogen-bond donors (Lipinski definition) is 0. The Morgan fingerprint density at radius 3 is 2.77 bits per heavy atom. The molecular formula is C11H19NS. The lowest BCUT2D eigenvalue weighted by Crippen LogP contribution is -2.28. The van der Waals surface area contributed by atoms with Crippen molar-refractivity contribution >= 4 is 11.8 Å². The average molecular weight is 197 g/mol. The van der Waals surface area contributed by atoms with Gasteiger partial charge in [-0.25, -0.2) is 0 Å². The number of thioether (sulfide) groups is 1. The molecule has 0 N–H and O–H groups in total. The van der Waals surface area contributed by atoms with E-state index in [-0.39, 0.29) is 0 Å². The summed E-state index contributed by atoms with van der Waals surface area (Å²) in [7, 11) is 2.32. The number of fused-ring (bicyclic) bond motifs is 5. The molecule has 2 bridgehead atoms. The van der Waals surface area contributed by atoms with Crippen LogP contribution in [0.2, 0.25) is 0 Å². The Hall–Kier alpha value is 0.310. The standard InChI is InChI=1S/C11H19NS/c1-12-6-9-7-3-4-8(5-7)10(9)11(12)13-2/h7-11H,3-6H2,1-2H3/t7?,8-,9?,10?,11-/m1/s1. The van der Waals surface area contributed by atoms with Crippen LogP contribution in [0, 0.1) is 23.7 Å². The van der Waals surface area contributed by atoms with E-state index in [9.17, 15) is 0 Å². The Kier molecular flexibility index (Phi) is 1.92. The van der Waals surface area contributed by atoms with Gasteiger partial charge in [-0.1, -0.05) is 0 Å². The van der Waals surface area contributed by atoms with Crippen LogP contribution in [-0.4, -0.2) is 30.1 Å². The van der Waals surface area contributed by atoms with Crippen molar-refractivity contribution in [1.29, 1.82) is 0 Å². The molecule has 1 heterocycles. The molecule has 0 aromatic rings. The molecule has 5 atom stereocenters. The predicted molar refractivity (Wildman–Crippen MR) is 57.7 cm³/mol. The van der Waals surface area contributed by atoms with Crippen molar-refractivity contribution in [2.24, 2.45) is 23.7 Å². The average Bonchev–Trinajstić information content (AvgIpc) is 2.72. The smallest absolute Gasteiger partial charge is 0.0586 e. The van der Waals surface area contributed by atoms with Gasteiger partial charge in [-0.2, -0.15) is 0 Å². The van der Waals surface area contributed by atoms with Gasteiger partial charge in [0, 0.05) is 6.54 Å². The fourth-order valence-corrected chi connectivity index (χ4v) is 5.42. The lowest BCUT2D eigenvalue weighted by molar-refractivity contribution is 0.272. The van der Waals surface area contributed by atoms with E-state index >= 15 is 0 Å². The molecule has 74 valence electrons. The summed E-state index contributed by atoms with van der Waals surface area (Å²) in [5.74, 6) is 4.33. The van der Waals surface area contributed by atoms with Crippen LogP contribution in [0.5, 0.6) is 0 Å². The summed E-state index contributed by atoms with van der Waals surface area (Å²) in [6.07, 6.45) is 6.94. The molecule has 0 aromatic carbocycles. The molecule has 0 aromatic heterocycles. The van der Waals surface area contributed by atoms with Gasteiger partial charge < -0.3 is 0 Å². The molecule has 3 unspecified atom stereocenters. The van der Waals surface area contributed by atoms with Crippen LogP contribution in [0.1, 0.15) is 19.3 Å². The van der Waals surface area contributed by atoms with Crippen molar-refractivity contribution in [3.63, 3.8) is 0 Å². The minimum atomic E-state index is 0.847. The van der Waals surface area contributed by atoms with Gasteiger partial charge in [-0.05, 0) is 56.2 Å². The van der Waals surface area contributed by atoms with Gasteiger partial charge >= 0.3 is 0 Å². The topological polar surface area (TPSA) is 3.24 Å². The van der Waals surface area contributed by atoms with Crippen molar-refractivity contribution in [2.45, 2.75) is 24.6 Å². The van der Waals surface area contributed by atoms with Crippen LogP contribution >= 0.6 is 11.8 Å². The first kappa shape index (κ1) is 8.60. The fraction of sp³-hybridized carbons (Fsp3) is 1.00. The van der Waals surface area contributed by atoms with Gasteiger partial charge in [-0.15, -0.1) is 11.8 Å². The van der Waals surface area contributed by atoms with E-state index in [0.717, 1.165) is 29.0 Å². The van der Waals surface area contributed by atoms with Crippen molar-refractivity contribution in [2.75, 3.05) is 19.8 Å². The summed E-state index contributed by atoms with van der Waals surface area (Å²) < 4.78 is 0. The van der Waals surface area contributed by atoms with Crippen LogP contribution in [0.15, 0.2) is 0 Å². The molecule has 3 fully saturated rings. The van der Waals surface area contributed by atoms with E-state index in [1.807, 2.05) is 0 Å². The highest BCUT2D eigenvalue weighted by molar-refractivity contribution is 7.99. The van der Waals surface area contributed by atoms with Gasteiger partial charge in [0.15, 0.2) is 0 Å². The summed E-state index contributed by atoms with van der Waals surface area (Å²) in [4.78, 5) is 2.60. The minimum Gasteiger partial charge on any atom is -0.294 e. The molecule has 2 aliphatic carbocycles. The predicted octanol–water partition coefficient (Wildman–Crippen LogP) is 2.28. The van der Waals surface area contributed by atoms with E-state index in [4.69, 9.17) is 0 Å². The fourth-order valence-electron chi connectivity index (χ4n) is 4.24. The molecule has 0 spiro atoms. The van der Waals surface area contributed by atoms with Gasteiger partial charge in [0.2, 0.25) is 0 Å². The summed E-state index contributed by atoms with van der Waals surface area (Å²) in [6, 6.07) is 0. The van der Waals surface area contributed by atoms with Crippen LogP contribution < -0.4 is 0 Å². The molecular weight excluding hydrogens is 178 g/mol. The zero-order valence-electron chi connectivity index (χ0n) is 8.57. The number of rotatable bonds is 1. The Morgan fingerprint density at radius 1 is 1.23 bits per heavy atom. The molecule has 1 nitrogen and oxygen atoms in total. The highest BCUT2D eigenvalue weighted by Gasteiger charge is 2.54. The first-order valence-electron chi connectivity index (χ1n) is 5.54. The second-order valence-corrected chi connectivity index (χ2v) is 6.09. The van der Waals surface area contributed by atoms with E-state index in [1.54, 1.807) is 12.8 Å². The third-order valence-electron chi connectivity index (χ3n) is 4.66. The first-order valence-corrected chi connectivity index (χ1v) is 6.83. The number of likely N-dealkylation sites (tertiary alicyclic amines) is 1. The quantitative estimate of drug-likeness (QED) is 0.634. The van der Waals surface area contributed by atoms with Crippen LogP contribution in [0.3, 0.4) is 0 Å². The van der Waals surface area contributed by atoms with Gasteiger partial charge in [0.05, 0.1) is 5.37 Å². The van der Waals surface area contributed by atoms with E-state index in [0.29, 0.717) is 0 Å². The first-order chi connectivity index (χ1) is 6.31. The van der Waals surface area contributed by atoms with Crippen LogP contribution in [-0.2, 0) is 0 Å². The molecule has 1 saturated heterocycles. The maximum atomic E-state index is 2.60. The zero-order valence-corrected chi connectivity index (χ0v) is 9.39. The monoisotopic (exact) mass is 197 g/mol. The summed E-state index contributed by atoms with van der Waals surface area (Å²) in [5.41, 5.74) is 0. The highest BCUT2D eigenvalue weighted by Crippen LogP contribution is 2.58. The third kappa shape index (κ3) is 1.05. The van der Waals surface area contributed by atoms with E-state index in [2.05, 4.69) is 30.0 Å². The Balaban J connectivity index is 1.87. The number of hydrogen-bond acceptors (Lipinski definition) is 2. The molecule has 3 rings (SSSR count). The second kappa shape index (κ2) is 2.90. The van der Waals surface area contributed by atoms with E-state index < -0.39 is 0 Å². The van der Waals surface area contributed by atoms with Crippen LogP contribution in [0.25, 0.3) is 0 Å². The highest BCUT2D eigenvalue weighted by atomic mass is 32.2. The number of nitrogens with zero attached hydrogens (tertiary/aromatic N) is 1. The maximum absolute atomic E-state index is 2.60. The van der Waals surface area contributed by atoms with Crippen LogP contribution in [0.4, 0.5) is 0 Å². The lowest BCUT2D eigenvalue weighted by Gasteiger charge is -2.28. The minimum absolute atomic E-state index is 0.847. The SMILES string of the molecule is CS[C@@H]1C2C(CN1C)C1CC[C@@H]2C1. The normalized spacial score (nSPS) is 54.5. The summed E-state index contributed by atoms with van der Waals surface area (Å²) in [6.45, 7) is 1.39. The molecule has 1 aliphatic heterocycles. The maximum Gasteiger partial charge on any atom is 0.0586 e. The van der Waals surface area contributed by atoms with Gasteiger partial charge in [-0.3, -0.25) is 4.90 Å². The summed E-state index contributed by atoms with van der Waals surface area (Å²) >= 11 is 2.08. The van der Waals surface area contributed by atoms with Crippen molar-refractivity contribution in [3.05, 3.63) is 0 Å². The van der Waals surface area contributed by atoms with Crippen molar-refractivity contribution < 1.29 is 0 Å². The Morgan fingerprint density at radius 2 is 2.00 bits per heavy atom. The van der Waals surface area contributed by atoms with Crippen molar-refractivity contribution in [1.82, 2.24) is 4.90 Å². The van der Waals surface area contributed by atoms with E-state index in [1.165, 1.54) is 13.0 Å². The van der Waals surface area contributed by atoms with Gasteiger partial charge in [0.25, 0.3) is 0 Å². The Bertz CT molecular complexity index is 216. The lowest BCUT2D eigenvalue weighted by atomic mass is 9.82. The molecule has 2 heteroatoms. The van der Waals surface area contributed by atoms with Gasteiger partial charge in [0.1, 0.15) is 0 Å². The largest absolute Gasteiger partial charge is 0.294 e. The van der Waals surface area contributed by atoms with Crippen molar-refractivity contribution in [3.8, 4) is 0 Å². The zero-order chi connectivity index (χ0) is 9.00. The molecule has 0 amide bonds. The third-order valence-corrected chi connectivity index (χ3v) is 5.82. The summed E-state index contributed by atoms with van der Waals surface area (Å²) in [5, 5.41) is 0.847. The Labute approximate surface area is 85.3 Å². The molecule has 3 aliphatic rings.